The lowest BCUT2D eigenvalue weighted by molar-refractivity contribution is -0.0277. The SMILES string of the molecule is CN1CCC(O)(c2ncc(Br)cn2)CC1. The zero-order valence-corrected chi connectivity index (χ0v) is 10.2. The van der Waals surface area contributed by atoms with Crippen molar-refractivity contribution in [3.8, 4) is 0 Å². The summed E-state index contributed by atoms with van der Waals surface area (Å²) >= 11 is 3.28. The molecule has 0 unspecified atom stereocenters. The molecule has 82 valence electrons. The van der Waals surface area contributed by atoms with Crippen LogP contribution >= 0.6 is 15.9 Å². The van der Waals surface area contributed by atoms with Crippen LogP contribution in [0.3, 0.4) is 0 Å². The highest BCUT2D eigenvalue weighted by atomic mass is 79.9. The second-order valence-electron chi connectivity index (χ2n) is 4.06. The molecule has 0 radical (unpaired) electrons. The van der Waals surface area contributed by atoms with Crippen molar-refractivity contribution in [3.05, 3.63) is 22.7 Å². The topological polar surface area (TPSA) is 49.2 Å². The zero-order valence-electron chi connectivity index (χ0n) is 8.65. The van der Waals surface area contributed by atoms with Crippen LogP contribution in [0.15, 0.2) is 16.9 Å². The molecule has 0 amide bonds. The van der Waals surface area contributed by atoms with Crippen molar-refractivity contribution in [1.82, 2.24) is 14.9 Å². The number of hydrogen-bond acceptors (Lipinski definition) is 4. The van der Waals surface area contributed by atoms with Crippen LogP contribution in [-0.4, -0.2) is 40.1 Å². The van der Waals surface area contributed by atoms with Crippen molar-refractivity contribution < 1.29 is 5.11 Å². The number of halogens is 1. The first-order valence-corrected chi connectivity index (χ1v) is 5.78. The van der Waals surface area contributed by atoms with Gasteiger partial charge in [-0.05, 0) is 35.8 Å². The summed E-state index contributed by atoms with van der Waals surface area (Å²) < 4.78 is 0.836. The highest BCUT2D eigenvalue weighted by Gasteiger charge is 2.35. The van der Waals surface area contributed by atoms with E-state index < -0.39 is 5.60 Å². The highest BCUT2D eigenvalue weighted by molar-refractivity contribution is 9.10. The van der Waals surface area contributed by atoms with Gasteiger partial charge in [-0.3, -0.25) is 0 Å². The van der Waals surface area contributed by atoms with Crippen molar-refractivity contribution in [2.24, 2.45) is 0 Å². The molecule has 0 saturated carbocycles. The Morgan fingerprint density at radius 3 is 2.40 bits per heavy atom. The van der Waals surface area contributed by atoms with Gasteiger partial charge >= 0.3 is 0 Å². The molecule has 1 aliphatic rings. The van der Waals surface area contributed by atoms with Crippen LogP contribution in [0.4, 0.5) is 0 Å². The van der Waals surface area contributed by atoms with E-state index in [2.05, 4.69) is 37.8 Å². The minimum absolute atomic E-state index is 0.541. The first-order chi connectivity index (χ1) is 7.10. The lowest BCUT2D eigenvalue weighted by Gasteiger charge is -2.35. The summed E-state index contributed by atoms with van der Waals surface area (Å²) in [6.45, 7) is 1.77. The summed E-state index contributed by atoms with van der Waals surface area (Å²) in [6.07, 6.45) is 4.76. The Balaban J connectivity index is 2.18. The van der Waals surface area contributed by atoms with Crippen LogP contribution in [-0.2, 0) is 5.60 Å². The smallest absolute Gasteiger partial charge is 0.160 e. The van der Waals surface area contributed by atoms with Crippen molar-refractivity contribution in [2.75, 3.05) is 20.1 Å². The Morgan fingerprint density at radius 1 is 1.33 bits per heavy atom. The first kappa shape index (κ1) is 11.0. The summed E-state index contributed by atoms with van der Waals surface area (Å²) in [6, 6.07) is 0. The van der Waals surface area contributed by atoms with Gasteiger partial charge in [-0.2, -0.15) is 0 Å². The van der Waals surface area contributed by atoms with Gasteiger partial charge < -0.3 is 10.0 Å². The molecule has 1 aromatic rings. The minimum atomic E-state index is -0.840. The molecule has 0 atom stereocenters. The van der Waals surface area contributed by atoms with Crippen molar-refractivity contribution in [3.63, 3.8) is 0 Å². The maximum atomic E-state index is 10.4. The molecule has 1 aliphatic heterocycles. The Labute approximate surface area is 97.5 Å². The van der Waals surface area contributed by atoms with Crippen LogP contribution in [0.25, 0.3) is 0 Å². The van der Waals surface area contributed by atoms with Crippen molar-refractivity contribution in [1.29, 1.82) is 0 Å². The van der Waals surface area contributed by atoms with Gasteiger partial charge in [0.25, 0.3) is 0 Å². The van der Waals surface area contributed by atoms with Gasteiger partial charge in [0, 0.05) is 25.5 Å². The fourth-order valence-electron chi connectivity index (χ4n) is 1.76. The van der Waals surface area contributed by atoms with E-state index in [4.69, 9.17) is 0 Å². The summed E-state index contributed by atoms with van der Waals surface area (Å²) in [7, 11) is 2.06. The number of likely N-dealkylation sites (tertiary alicyclic amines) is 1. The second-order valence-corrected chi connectivity index (χ2v) is 4.98. The predicted octanol–water partition coefficient (Wildman–Crippen LogP) is 1.15. The van der Waals surface area contributed by atoms with Crippen LogP contribution in [0.5, 0.6) is 0 Å². The third-order valence-electron chi connectivity index (χ3n) is 2.85. The third kappa shape index (κ3) is 2.35. The normalized spacial score (nSPS) is 21.5. The van der Waals surface area contributed by atoms with Gasteiger partial charge in [0.2, 0.25) is 0 Å². The van der Waals surface area contributed by atoms with E-state index in [1.807, 2.05) is 0 Å². The lowest BCUT2D eigenvalue weighted by atomic mass is 9.91. The molecular formula is C10H14BrN3O. The highest BCUT2D eigenvalue weighted by Crippen LogP contribution is 2.29. The Morgan fingerprint density at radius 2 is 1.87 bits per heavy atom. The Hall–Kier alpha value is -0.520. The second kappa shape index (κ2) is 4.15. The molecule has 0 aromatic carbocycles. The van der Waals surface area contributed by atoms with Gasteiger partial charge in [-0.15, -0.1) is 0 Å². The molecule has 2 rings (SSSR count). The fourth-order valence-corrected chi connectivity index (χ4v) is 1.97. The summed E-state index contributed by atoms with van der Waals surface area (Å²) in [5, 5.41) is 10.4. The molecule has 0 bridgehead atoms. The average Bonchev–Trinajstić information content (AvgIpc) is 2.24. The quantitative estimate of drug-likeness (QED) is 0.833. The van der Waals surface area contributed by atoms with Crippen molar-refractivity contribution >= 4 is 15.9 Å². The number of aliphatic hydroxyl groups is 1. The third-order valence-corrected chi connectivity index (χ3v) is 3.26. The Bertz CT molecular complexity index is 333. The maximum Gasteiger partial charge on any atom is 0.160 e. The van der Waals surface area contributed by atoms with Crippen LogP contribution < -0.4 is 0 Å². The predicted molar refractivity (Wildman–Crippen MR) is 60.4 cm³/mol. The first-order valence-electron chi connectivity index (χ1n) is 4.99. The van der Waals surface area contributed by atoms with Gasteiger partial charge in [-0.1, -0.05) is 0 Å². The van der Waals surface area contributed by atoms with Gasteiger partial charge in [-0.25, -0.2) is 9.97 Å². The lowest BCUT2D eigenvalue weighted by Crippen LogP contribution is -2.41. The number of hydrogen-bond donors (Lipinski definition) is 1. The molecule has 0 aliphatic carbocycles. The summed E-state index contributed by atoms with van der Waals surface area (Å²) in [5.74, 6) is 0.541. The summed E-state index contributed by atoms with van der Waals surface area (Å²) in [5.41, 5.74) is -0.840. The molecule has 1 saturated heterocycles. The number of aromatic nitrogens is 2. The molecule has 1 aromatic heterocycles. The fraction of sp³-hybridized carbons (Fsp3) is 0.600. The molecular weight excluding hydrogens is 258 g/mol. The summed E-state index contributed by atoms with van der Waals surface area (Å²) in [4.78, 5) is 10.5. The largest absolute Gasteiger partial charge is 0.382 e. The maximum absolute atomic E-state index is 10.4. The number of nitrogens with zero attached hydrogens (tertiary/aromatic N) is 3. The van der Waals surface area contributed by atoms with Crippen molar-refractivity contribution in [2.45, 2.75) is 18.4 Å². The molecule has 5 heteroatoms. The van der Waals surface area contributed by atoms with E-state index in [1.54, 1.807) is 12.4 Å². The minimum Gasteiger partial charge on any atom is -0.382 e. The van der Waals surface area contributed by atoms with Gasteiger partial charge in [0.15, 0.2) is 5.82 Å². The molecule has 15 heavy (non-hydrogen) atoms. The number of rotatable bonds is 1. The van der Waals surface area contributed by atoms with E-state index in [0.717, 1.165) is 17.6 Å². The zero-order chi connectivity index (χ0) is 10.9. The molecule has 0 spiro atoms. The monoisotopic (exact) mass is 271 g/mol. The van der Waals surface area contributed by atoms with Crippen LogP contribution in [0, 0.1) is 0 Å². The van der Waals surface area contributed by atoms with Gasteiger partial charge in [0.1, 0.15) is 5.60 Å². The molecule has 1 fully saturated rings. The Kier molecular flexibility index (Phi) is 3.04. The van der Waals surface area contributed by atoms with Crippen LogP contribution in [0.2, 0.25) is 0 Å². The number of piperidine rings is 1. The van der Waals surface area contributed by atoms with E-state index in [-0.39, 0.29) is 0 Å². The molecule has 4 nitrogen and oxygen atoms in total. The van der Waals surface area contributed by atoms with E-state index >= 15 is 0 Å². The van der Waals surface area contributed by atoms with E-state index in [9.17, 15) is 5.11 Å². The van der Waals surface area contributed by atoms with Gasteiger partial charge in [0.05, 0.1) is 4.47 Å². The average molecular weight is 272 g/mol. The standard InChI is InChI=1S/C10H14BrN3O/c1-14-4-2-10(15,3-5-14)9-12-6-8(11)7-13-9/h6-7,15H,2-5H2,1H3. The van der Waals surface area contributed by atoms with E-state index in [1.165, 1.54) is 0 Å². The van der Waals surface area contributed by atoms with E-state index in [0.29, 0.717) is 18.7 Å². The molecule has 2 heterocycles. The molecule has 1 N–H and O–H groups in total. The van der Waals surface area contributed by atoms with Crippen LogP contribution in [0.1, 0.15) is 18.7 Å².